The molecule has 0 saturated heterocycles. The average molecular weight is 228 g/mol. The van der Waals surface area contributed by atoms with Gasteiger partial charge in [-0.25, -0.2) is 0 Å². The minimum Gasteiger partial charge on any atom is -0.342 e. The van der Waals surface area contributed by atoms with Gasteiger partial charge in [-0.15, -0.1) is 0 Å². The van der Waals surface area contributed by atoms with Gasteiger partial charge in [0.2, 0.25) is 0 Å². The van der Waals surface area contributed by atoms with E-state index in [0.29, 0.717) is 6.04 Å². The zero-order valence-corrected chi connectivity index (χ0v) is 10.9. The van der Waals surface area contributed by atoms with Gasteiger partial charge in [0.25, 0.3) is 0 Å². The molecule has 1 N–H and O–H groups in total. The molecule has 0 radical (unpaired) electrons. The molecule has 0 aliphatic carbocycles. The maximum Gasteiger partial charge on any atom is 0.0486 e. The number of hydrogen-bond acceptors (Lipinski definition) is 1. The fraction of sp³-hybridized carbons (Fsp3) is 0.467. The fourth-order valence-corrected chi connectivity index (χ4v) is 3.15. The average Bonchev–Trinajstić information content (AvgIpc) is 2.63. The first-order valence-corrected chi connectivity index (χ1v) is 6.57. The van der Waals surface area contributed by atoms with Gasteiger partial charge < -0.3 is 9.88 Å². The molecule has 90 valence electrons. The molecule has 1 aliphatic rings. The second-order valence-electron chi connectivity index (χ2n) is 5.07. The maximum atomic E-state index is 3.57. The quantitative estimate of drug-likeness (QED) is 0.793. The van der Waals surface area contributed by atoms with Crippen LogP contribution in [0.25, 0.3) is 10.9 Å². The van der Waals surface area contributed by atoms with Gasteiger partial charge in [0.1, 0.15) is 0 Å². The van der Waals surface area contributed by atoms with Crippen molar-refractivity contribution in [2.75, 3.05) is 6.54 Å². The van der Waals surface area contributed by atoms with E-state index in [1.165, 1.54) is 27.7 Å². The van der Waals surface area contributed by atoms with Gasteiger partial charge in [0.05, 0.1) is 0 Å². The second-order valence-corrected chi connectivity index (χ2v) is 5.07. The molecule has 0 saturated carbocycles. The van der Waals surface area contributed by atoms with Crippen molar-refractivity contribution < 1.29 is 0 Å². The third-order valence-corrected chi connectivity index (χ3v) is 3.92. The van der Waals surface area contributed by atoms with Gasteiger partial charge in [0, 0.05) is 35.7 Å². The number of rotatable bonds is 1. The molecule has 1 atom stereocenters. The lowest BCUT2D eigenvalue weighted by Gasteiger charge is -2.25. The largest absolute Gasteiger partial charge is 0.342 e. The number of fused-ring (bicyclic) bond motifs is 3. The van der Waals surface area contributed by atoms with Gasteiger partial charge in [-0.1, -0.05) is 18.6 Å². The first-order valence-electron chi connectivity index (χ1n) is 6.57. The number of aromatic nitrogens is 1. The fourth-order valence-electron chi connectivity index (χ4n) is 3.15. The van der Waals surface area contributed by atoms with Crippen molar-refractivity contribution in [2.24, 2.45) is 0 Å². The Balaban J connectivity index is 2.38. The number of hydrogen-bond donors (Lipinski definition) is 1. The van der Waals surface area contributed by atoms with Crippen LogP contribution in [-0.4, -0.2) is 11.1 Å². The molecule has 0 fully saturated rings. The van der Waals surface area contributed by atoms with Crippen molar-refractivity contribution in [2.45, 2.75) is 39.8 Å². The number of aryl methyl sites for hydroxylation is 2. The summed E-state index contributed by atoms with van der Waals surface area (Å²) in [4.78, 5) is 0. The molecule has 0 amide bonds. The zero-order valence-electron chi connectivity index (χ0n) is 10.9. The third-order valence-electron chi connectivity index (χ3n) is 3.92. The highest BCUT2D eigenvalue weighted by Gasteiger charge is 2.23. The lowest BCUT2D eigenvalue weighted by atomic mass is 10.0. The van der Waals surface area contributed by atoms with Gasteiger partial charge in [-0.2, -0.15) is 0 Å². The van der Waals surface area contributed by atoms with Gasteiger partial charge in [-0.3, -0.25) is 0 Å². The molecule has 17 heavy (non-hydrogen) atoms. The second kappa shape index (κ2) is 3.88. The van der Waals surface area contributed by atoms with Crippen LogP contribution in [0, 0.1) is 6.92 Å². The molecule has 2 nitrogen and oxygen atoms in total. The van der Waals surface area contributed by atoms with Crippen LogP contribution in [0.4, 0.5) is 0 Å². The topological polar surface area (TPSA) is 17.0 Å². The molecule has 2 heterocycles. The molecule has 0 spiro atoms. The van der Waals surface area contributed by atoms with Gasteiger partial charge >= 0.3 is 0 Å². The Labute approximate surface area is 103 Å². The Hall–Kier alpha value is -1.28. The van der Waals surface area contributed by atoms with Crippen LogP contribution in [0.3, 0.4) is 0 Å². The van der Waals surface area contributed by atoms with E-state index < -0.39 is 0 Å². The summed E-state index contributed by atoms with van der Waals surface area (Å²) in [5.41, 5.74) is 5.80. The molecule has 2 heteroatoms. The molecule has 0 bridgehead atoms. The number of benzene rings is 1. The molecule has 1 aliphatic heterocycles. The van der Waals surface area contributed by atoms with Crippen LogP contribution in [0.2, 0.25) is 0 Å². The summed E-state index contributed by atoms with van der Waals surface area (Å²) in [6.45, 7) is 8.89. The molecule has 2 aromatic rings. The summed E-state index contributed by atoms with van der Waals surface area (Å²) in [5, 5.41) is 5.02. The summed E-state index contributed by atoms with van der Waals surface area (Å²) in [6, 6.07) is 7.32. The predicted octanol–water partition coefficient (Wildman–Crippen LogP) is 3.18. The molecular formula is C15H20N2. The predicted molar refractivity (Wildman–Crippen MR) is 72.5 cm³/mol. The van der Waals surface area contributed by atoms with Crippen LogP contribution >= 0.6 is 0 Å². The Morgan fingerprint density at radius 2 is 2.24 bits per heavy atom. The van der Waals surface area contributed by atoms with Crippen LogP contribution in [0.5, 0.6) is 0 Å². The summed E-state index contributed by atoms with van der Waals surface area (Å²) in [6.07, 6.45) is 1.12. The summed E-state index contributed by atoms with van der Waals surface area (Å²) >= 11 is 0. The van der Waals surface area contributed by atoms with E-state index >= 15 is 0 Å². The van der Waals surface area contributed by atoms with E-state index in [2.05, 4.69) is 48.9 Å². The van der Waals surface area contributed by atoms with Gasteiger partial charge in [-0.05, 0) is 38.0 Å². The Morgan fingerprint density at radius 3 is 3.00 bits per heavy atom. The van der Waals surface area contributed by atoms with E-state index in [4.69, 9.17) is 0 Å². The highest BCUT2D eigenvalue weighted by atomic mass is 15.1. The molecule has 0 unspecified atom stereocenters. The highest BCUT2D eigenvalue weighted by molar-refractivity contribution is 5.86. The maximum absolute atomic E-state index is 3.57. The first kappa shape index (κ1) is 10.8. The molecule has 1 aromatic carbocycles. The van der Waals surface area contributed by atoms with Gasteiger partial charge in [0.15, 0.2) is 0 Å². The van der Waals surface area contributed by atoms with Crippen molar-refractivity contribution in [1.82, 2.24) is 9.88 Å². The van der Waals surface area contributed by atoms with E-state index in [0.717, 1.165) is 19.5 Å². The van der Waals surface area contributed by atoms with Crippen LogP contribution < -0.4 is 5.32 Å². The van der Waals surface area contributed by atoms with Crippen LogP contribution in [-0.2, 0) is 13.0 Å². The molecular weight excluding hydrogens is 208 g/mol. The molecule has 1 aromatic heterocycles. The lowest BCUT2D eigenvalue weighted by Crippen LogP contribution is -2.31. The number of nitrogens with zero attached hydrogens (tertiary/aromatic N) is 1. The third kappa shape index (κ3) is 1.51. The van der Waals surface area contributed by atoms with Crippen LogP contribution in [0.15, 0.2) is 18.2 Å². The van der Waals surface area contributed by atoms with E-state index in [1.807, 2.05) is 0 Å². The summed E-state index contributed by atoms with van der Waals surface area (Å²) in [5.74, 6) is 0. The highest BCUT2D eigenvalue weighted by Crippen LogP contribution is 2.33. The van der Waals surface area contributed by atoms with Crippen molar-refractivity contribution in [3.05, 3.63) is 35.0 Å². The lowest BCUT2D eigenvalue weighted by molar-refractivity contribution is 0.452. The van der Waals surface area contributed by atoms with E-state index in [-0.39, 0.29) is 0 Å². The Morgan fingerprint density at radius 1 is 1.41 bits per heavy atom. The Bertz CT molecular complexity index is 566. The zero-order chi connectivity index (χ0) is 12.0. The smallest absolute Gasteiger partial charge is 0.0486 e. The van der Waals surface area contributed by atoms with Crippen molar-refractivity contribution in [3.8, 4) is 0 Å². The first-order chi connectivity index (χ1) is 8.22. The number of nitrogens with one attached hydrogen (secondary N) is 1. The van der Waals surface area contributed by atoms with E-state index in [1.54, 1.807) is 0 Å². The van der Waals surface area contributed by atoms with Crippen molar-refractivity contribution >= 4 is 10.9 Å². The van der Waals surface area contributed by atoms with E-state index in [9.17, 15) is 0 Å². The standard InChI is InChI=1S/C15H20N2/c1-4-12-13-9-10(2)5-6-14(13)17-8-7-16-11(3)15(12)17/h5-6,9,11,16H,4,7-8H2,1-3H3/t11-/m0/s1. The minimum absolute atomic E-state index is 0.478. The van der Waals surface area contributed by atoms with Crippen molar-refractivity contribution in [1.29, 1.82) is 0 Å². The SMILES string of the molecule is CCc1c2n(c3ccc(C)cc13)CCN[C@H]2C. The molecule has 3 rings (SSSR count). The summed E-state index contributed by atoms with van der Waals surface area (Å²) < 4.78 is 2.51. The monoisotopic (exact) mass is 228 g/mol. The van der Waals surface area contributed by atoms with Crippen molar-refractivity contribution in [3.63, 3.8) is 0 Å². The minimum atomic E-state index is 0.478. The normalized spacial score (nSPS) is 19.6. The van der Waals surface area contributed by atoms with Crippen LogP contribution in [0.1, 0.15) is 36.7 Å². The summed E-state index contributed by atoms with van der Waals surface area (Å²) in [7, 11) is 0. The Kier molecular flexibility index (Phi) is 2.48.